The Labute approximate surface area is 405 Å². The normalized spacial score (nSPS) is 14.0. The van der Waals surface area contributed by atoms with Crippen LogP contribution in [-0.4, -0.2) is 68.5 Å². The highest BCUT2D eigenvalue weighted by molar-refractivity contribution is 7.45. The number of nitrogens with zero attached hydrogens (tertiary/aromatic N) is 1. The molecule has 65 heavy (non-hydrogen) atoms. The highest BCUT2D eigenvalue weighted by Gasteiger charge is 2.23. The van der Waals surface area contributed by atoms with Gasteiger partial charge in [-0.1, -0.05) is 276 Å². The Bertz CT molecular complexity index is 1070. The van der Waals surface area contributed by atoms with E-state index in [1.54, 1.807) is 6.08 Å². The molecule has 0 aliphatic heterocycles. The fourth-order valence-corrected chi connectivity index (χ4v) is 9.47. The van der Waals surface area contributed by atoms with Crippen molar-refractivity contribution < 1.29 is 32.9 Å². The summed E-state index contributed by atoms with van der Waals surface area (Å²) in [6, 6.07) is -0.881. The first-order chi connectivity index (χ1) is 31.5. The number of nitrogens with one attached hydrogen (secondary N) is 1. The lowest BCUT2D eigenvalue weighted by atomic mass is 10.0. The van der Waals surface area contributed by atoms with E-state index in [0.29, 0.717) is 17.4 Å². The molecule has 0 radical (unpaired) electrons. The van der Waals surface area contributed by atoms with Crippen LogP contribution >= 0.6 is 7.82 Å². The molecule has 0 saturated carbocycles. The van der Waals surface area contributed by atoms with Crippen molar-refractivity contribution in [3.63, 3.8) is 0 Å². The third-order valence-corrected chi connectivity index (χ3v) is 14.2. The van der Waals surface area contributed by atoms with Crippen LogP contribution in [0.3, 0.4) is 0 Å². The van der Waals surface area contributed by atoms with E-state index in [2.05, 4.69) is 19.2 Å². The molecule has 3 unspecified atom stereocenters. The van der Waals surface area contributed by atoms with Crippen molar-refractivity contribution in [2.45, 2.75) is 302 Å². The topological polar surface area (TPSA) is 108 Å². The van der Waals surface area contributed by atoms with Crippen molar-refractivity contribution in [2.24, 2.45) is 0 Å². The maximum absolute atomic E-state index is 12.9. The van der Waals surface area contributed by atoms with Crippen molar-refractivity contribution >= 4 is 13.7 Å². The number of carbonyl (C=O) groups is 1. The Morgan fingerprint density at radius 1 is 0.523 bits per heavy atom. The predicted octanol–water partition coefficient (Wildman–Crippen LogP) is 16.4. The van der Waals surface area contributed by atoms with Gasteiger partial charge < -0.3 is 28.8 Å². The molecule has 8 nitrogen and oxygen atoms in total. The van der Waals surface area contributed by atoms with Gasteiger partial charge in [0, 0.05) is 6.42 Å². The Morgan fingerprint density at radius 2 is 0.831 bits per heavy atom. The van der Waals surface area contributed by atoms with Gasteiger partial charge in [-0.25, -0.2) is 0 Å². The molecule has 0 aromatic heterocycles. The number of allylic oxidation sites excluding steroid dienone is 1. The quantitative estimate of drug-likeness (QED) is 0.0272. The average molecular weight is 942 g/mol. The largest absolute Gasteiger partial charge is 0.756 e. The van der Waals surface area contributed by atoms with Crippen LogP contribution in [0.1, 0.15) is 290 Å². The Morgan fingerprint density at radius 3 is 1.15 bits per heavy atom. The molecule has 0 spiro atoms. The molecule has 1 amide bonds. The monoisotopic (exact) mass is 941 g/mol. The molecule has 0 bridgehead atoms. The summed E-state index contributed by atoms with van der Waals surface area (Å²) in [5.41, 5.74) is 0. The molecule has 0 aliphatic carbocycles. The van der Waals surface area contributed by atoms with Crippen LogP contribution in [0.4, 0.5) is 0 Å². The lowest BCUT2D eigenvalue weighted by Gasteiger charge is -2.29. The van der Waals surface area contributed by atoms with E-state index in [4.69, 9.17) is 9.05 Å². The van der Waals surface area contributed by atoms with E-state index >= 15 is 0 Å². The van der Waals surface area contributed by atoms with Crippen LogP contribution < -0.4 is 10.2 Å². The summed E-state index contributed by atoms with van der Waals surface area (Å²) in [6.45, 7) is 4.69. The zero-order valence-electron chi connectivity index (χ0n) is 44.2. The lowest BCUT2D eigenvalue weighted by molar-refractivity contribution is -0.870. The summed E-state index contributed by atoms with van der Waals surface area (Å²) in [5.74, 6) is -0.190. The second-order valence-corrected chi connectivity index (χ2v) is 22.4. The van der Waals surface area contributed by atoms with Gasteiger partial charge in [-0.3, -0.25) is 9.36 Å². The minimum Gasteiger partial charge on any atom is -0.756 e. The van der Waals surface area contributed by atoms with Crippen molar-refractivity contribution in [3.05, 3.63) is 12.2 Å². The number of quaternary nitrogens is 1. The fourth-order valence-electron chi connectivity index (χ4n) is 8.74. The van der Waals surface area contributed by atoms with Gasteiger partial charge >= 0.3 is 0 Å². The van der Waals surface area contributed by atoms with Crippen LogP contribution in [-0.2, 0) is 18.4 Å². The standard InChI is InChI=1S/C56H113N2O6P/c1-6-8-10-12-14-16-18-20-22-24-25-26-27-28-29-30-31-32-33-34-36-38-40-42-44-46-48-50-56(60)57-54(53-64-65(61,62)63-52-51-58(3,4)5)55(59)49-47-45-43-41-39-37-35-23-21-19-17-15-13-11-9-7-2/h47,49,54-55,59H,6-46,48,50-53H2,1-5H3,(H-,57,60,61,62)/b49-47+. The zero-order valence-corrected chi connectivity index (χ0v) is 45.1. The molecule has 0 saturated heterocycles. The number of aliphatic hydroxyl groups excluding tert-OH is 1. The molecule has 3 atom stereocenters. The molecule has 2 N–H and O–H groups in total. The Kier molecular flexibility index (Phi) is 47.7. The molecular formula is C56H113N2O6P. The number of unbranched alkanes of at least 4 members (excludes halogenated alkanes) is 40. The van der Waals surface area contributed by atoms with Gasteiger partial charge in [-0.15, -0.1) is 0 Å². The van der Waals surface area contributed by atoms with Crippen molar-refractivity contribution in [1.29, 1.82) is 0 Å². The number of phosphoric ester groups is 1. The molecule has 0 aromatic rings. The first-order valence-corrected chi connectivity index (χ1v) is 30.0. The highest BCUT2D eigenvalue weighted by atomic mass is 31.2. The van der Waals surface area contributed by atoms with Crippen molar-refractivity contribution in [1.82, 2.24) is 5.32 Å². The zero-order chi connectivity index (χ0) is 47.8. The van der Waals surface area contributed by atoms with Crippen LogP contribution in [0.5, 0.6) is 0 Å². The third kappa shape index (κ3) is 50.9. The molecule has 388 valence electrons. The van der Waals surface area contributed by atoms with Gasteiger partial charge in [0.25, 0.3) is 7.82 Å². The van der Waals surface area contributed by atoms with Crippen LogP contribution in [0.2, 0.25) is 0 Å². The third-order valence-electron chi connectivity index (χ3n) is 13.2. The number of carbonyl (C=O) groups excluding carboxylic acids is 1. The van der Waals surface area contributed by atoms with Gasteiger partial charge in [0.05, 0.1) is 39.9 Å². The van der Waals surface area contributed by atoms with E-state index in [1.165, 1.54) is 231 Å². The Hall–Kier alpha value is -0.760. The molecule has 0 aliphatic rings. The number of likely N-dealkylation sites (N-methyl/N-ethyl adjacent to an activating group) is 1. The van der Waals surface area contributed by atoms with E-state index < -0.39 is 20.0 Å². The molecule has 0 rings (SSSR count). The number of rotatable bonds is 53. The van der Waals surface area contributed by atoms with Crippen LogP contribution in [0, 0.1) is 0 Å². The Balaban J connectivity index is 4.11. The number of phosphoric acid groups is 1. The summed E-state index contributed by atoms with van der Waals surface area (Å²) in [5, 5.41) is 13.9. The SMILES string of the molecule is CCCCCCCCCCCCCCCC/C=C/C(O)C(COP(=O)([O-])OCC[N+](C)(C)C)NC(=O)CCCCCCCCCCCCCCCCCCCCCCCCCCCCC. The van der Waals surface area contributed by atoms with Gasteiger partial charge in [0.15, 0.2) is 0 Å². The minimum atomic E-state index is -4.59. The average Bonchev–Trinajstić information content (AvgIpc) is 3.26. The maximum Gasteiger partial charge on any atom is 0.268 e. The van der Waals surface area contributed by atoms with Gasteiger partial charge in [-0.2, -0.15) is 0 Å². The minimum absolute atomic E-state index is 0.00256. The van der Waals surface area contributed by atoms with Gasteiger partial charge in [-0.05, 0) is 19.3 Å². The number of amides is 1. The van der Waals surface area contributed by atoms with Crippen molar-refractivity contribution in [3.8, 4) is 0 Å². The first kappa shape index (κ1) is 64.2. The molecule has 0 heterocycles. The van der Waals surface area contributed by atoms with E-state index in [1.807, 2.05) is 27.2 Å². The number of hydrogen-bond donors (Lipinski definition) is 2. The van der Waals surface area contributed by atoms with E-state index in [9.17, 15) is 19.4 Å². The highest BCUT2D eigenvalue weighted by Crippen LogP contribution is 2.38. The fraction of sp³-hybridized carbons (Fsp3) is 0.946. The maximum atomic E-state index is 12.9. The summed E-state index contributed by atoms with van der Waals surface area (Å²) in [4.78, 5) is 25.5. The summed E-state index contributed by atoms with van der Waals surface area (Å²) in [7, 11) is 1.28. The molecule has 0 aromatic carbocycles. The second-order valence-electron chi connectivity index (χ2n) is 21.0. The second kappa shape index (κ2) is 48.3. The summed E-state index contributed by atoms with van der Waals surface area (Å²) < 4.78 is 23.3. The van der Waals surface area contributed by atoms with Gasteiger partial charge in [0.2, 0.25) is 5.91 Å². The lowest BCUT2D eigenvalue weighted by Crippen LogP contribution is -2.45. The molecule has 9 heteroatoms. The van der Waals surface area contributed by atoms with Crippen LogP contribution in [0.25, 0.3) is 0 Å². The predicted molar refractivity (Wildman–Crippen MR) is 279 cm³/mol. The smallest absolute Gasteiger partial charge is 0.268 e. The van der Waals surface area contributed by atoms with Crippen LogP contribution in [0.15, 0.2) is 12.2 Å². The summed E-state index contributed by atoms with van der Waals surface area (Å²) in [6.07, 6.45) is 58.6. The number of hydrogen-bond acceptors (Lipinski definition) is 6. The van der Waals surface area contributed by atoms with E-state index in [-0.39, 0.29) is 19.1 Å². The van der Waals surface area contributed by atoms with E-state index in [0.717, 1.165) is 38.5 Å². The molecular weight excluding hydrogens is 828 g/mol. The summed E-state index contributed by atoms with van der Waals surface area (Å²) >= 11 is 0. The van der Waals surface area contributed by atoms with Crippen molar-refractivity contribution in [2.75, 3.05) is 40.9 Å². The number of aliphatic hydroxyl groups is 1. The van der Waals surface area contributed by atoms with Gasteiger partial charge in [0.1, 0.15) is 13.2 Å². The molecule has 0 fully saturated rings. The first-order valence-electron chi connectivity index (χ1n) is 28.6.